The minimum Gasteiger partial charge on any atom is -0.437 e. The van der Waals surface area contributed by atoms with Crippen LogP contribution < -0.4 is 20.1 Å². The van der Waals surface area contributed by atoms with Crippen molar-refractivity contribution in [3.63, 3.8) is 0 Å². The first-order valence-corrected chi connectivity index (χ1v) is 14.1. The molecule has 2 aromatic heterocycles. The summed E-state index contributed by atoms with van der Waals surface area (Å²) >= 11 is 1.27. The van der Waals surface area contributed by atoms with Gasteiger partial charge in [-0.2, -0.15) is 0 Å². The molecule has 0 aliphatic heterocycles. The fourth-order valence-corrected chi connectivity index (χ4v) is 4.76. The lowest BCUT2D eigenvalue weighted by Gasteiger charge is -2.22. The molecule has 0 aliphatic rings. The van der Waals surface area contributed by atoms with Gasteiger partial charge < -0.3 is 10.1 Å². The number of nitrogens with zero attached hydrogens (tertiary/aromatic N) is 2. The maximum Gasteiger partial charge on any atom is 0.325 e. The second-order valence-corrected chi connectivity index (χ2v) is 11.9. The molecule has 4 aromatic rings. The lowest BCUT2D eigenvalue weighted by Crippen LogP contribution is -2.20. The van der Waals surface area contributed by atoms with Crippen LogP contribution in [0.15, 0.2) is 72.2 Å². The molecule has 2 aromatic carbocycles. The van der Waals surface area contributed by atoms with Gasteiger partial charge >= 0.3 is 6.03 Å². The van der Waals surface area contributed by atoms with E-state index in [0.717, 1.165) is 17.4 Å². The predicted molar refractivity (Wildman–Crippen MR) is 148 cm³/mol. The lowest BCUT2D eigenvalue weighted by molar-refractivity contribution is 0.262. The van der Waals surface area contributed by atoms with Gasteiger partial charge in [-0.3, -0.25) is 10.0 Å². The number of anilines is 3. The van der Waals surface area contributed by atoms with Gasteiger partial charge in [0.1, 0.15) is 11.4 Å². The van der Waals surface area contributed by atoms with E-state index in [1.165, 1.54) is 11.3 Å². The molecule has 0 saturated carbocycles. The van der Waals surface area contributed by atoms with Crippen molar-refractivity contribution in [2.24, 2.45) is 0 Å². The normalized spacial score (nSPS) is 11.6. The Balaban J connectivity index is 1.44. The van der Waals surface area contributed by atoms with Gasteiger partial charge in [0, 0.05) is 28.4 Å². The van der Waals surface area contributed by atoms with E-state index in [1.54, 1.807) is 48.0 Å². The summed E-state index contributed by atoms with van der Waals surface area (Å²) in [6.45, 7) is 6.30. The van der Waals surface area contributed by atoms with Crippen LogP contribution in [0.4, 0.5) is 21.3 Å². The van der Waals surface area contributed by atoms with Crippen molar-refractivity contribution in [3.05, 3.63) is 77.8 Å². The first-order chi connectivity index (χ1) is 17.5. The Morgan fingerprint density at radius 1 is 0.973 bits per heavy atom. The molecule has 0 unspecified atom stereocenters. The maximum atomic E-state index is 12.7. The van der Waals surface area contributed by atoms with E-state index in [0.29, 0.717) is 27.9 Å². The highest BCUT2D eigenvalue weighted by atomic mass is 32.2. The number of carbonyl (C=O) groups is 1. The summed E-state index contributed by atoms with van der Waals surface area (Å²) in [7, 11) is -3.35. The van der Waals surface area contributed by atoms with Crippen molar-refractivity contribution < 1.29 is 17.9 Å². The largest absolute Gasteiger partial charge is 0.437 e. The molecule has 0 radical (unpaired) electrons. The third kappa shape index (κ3) is 7.05. The van der Waals surface area contributed by atoms with E-state index in [1.807, 2.05) is 24.3 Å². The topological polar surface area (TPSA) is 122 Å². The Labute approximate surface area is 220 Å². The third-order valence-corrected chi connectivity index (χ3v) is 6.49. The average Bonchev–Trinajstić information content (AvgIpc) is 3.28. The molecular formula is C26H27N5O4S2. The van der Waals surface area contributed by atoms with Gasteiger partial charge in [-0.25, -0.2) is 23.2 Å². The monoisotopic (exact) mass is 537 g/mol. The fourth-order valence-electron chi connectivity index (χ4n) is 3.48. The molecule has 2 amide bonds. The second kappa shape index (κ2) is 10.6. The number of thiazole rings is 1. The van der Waals surface area contributed by atoms with Gasteiger partial charge in [-0.05, 0) is 35.7 Å². The van der Waals surface area contributed by atoms with Crippen LogP contribution in [0, 0.1) is 0 Å². The number of para-hydroxylation sites is 1. The molecule has 37 heavy (non-hydrogen) atoms. The SMILES string of the molecule is CC(C)(C)c1ccccc1Oc1ncccc1NC(=O)Nc1nc(-c2ccc(NS(C)(=O)=O)cc2)cs1. The van der Waals surface area contributed by atoms with E-state index in [9.17, 15) is 13.2 Å². The molecule has 9 nitrogen and oxygen atoms in total. The van der Waals surface area contributed by atoms with Gasteiger partial charge in [-0.15, -0.1) is 11.3 Å². The summed E-state index contributed by atoms with van der Waals surface area (Å²) in [5.74, 6) is 0.941. The number of nitrogens with one attached hydrogen (secondary N) is 3. The smallest absolute Gasteiger partial charge is 0.325 e. The summed E-state index contributed by atoms with van der Waals surface area (Å²) in [4.78, 5) is 21.5. The van der Waals surface area contributed by atoms with Gasteiger partial charge in [0.2, 0.25) is 15.9 Å². The summed E-state index contributed by atoms with van der Waals surface area (Å²) < 4.78 is 31.3. The molecule has 3 N–H and O–H groups in total. The van der Waals surface area contributed by atoms with Gasteiger partial charge in [0.15, 0.2) is 5.13 Å². The molecule has 0 spiro atoms. The first kappa shape index (κ1) is 26.1. The number of aromatic nitrogens is 2. The zero-order chi connectivity index (χ0) is 26.6. The minimum atomic E-state index is -3.35. The number of pyridine rings is 1. The predicted octanol–water partition coefficient (Wildman–Crippen LogP) is 6.31. The van der Waals surface area contributed by atoms with Crippen molar-refractivity contribution >= 4 is 43.9 Å². The summed E-state index contributed by atoms with van der Waals surface area (Å²) in [6, 6.07) is 17.5. The Hall–Kier alpha value is -3.96. The van der Waals surface area contributed by atoms with E-state index >= 15 is 0 Å². The quantitative estimate of drug-likeness (QED) is 0.254. The lowest BCUT2D eigenvalue weighted by atomic mass is 9.86. The summed E-state index contributed by atoms with van der Waals surface area (Å²) in [5.41, 5.74) is 3.18. The molecule has 0 aliphatic carbocycles. The Morgan fingerprint density at radius 3 is 2.41 bits per heavy atom. The number of rotatable bonds is 7. The standard InChI is InChI=1S/C26H27N5O4S2/c1-26(2,3)19-8-5-6-10-22(19)35-23-20(9-7-15-27-23)28-24(32)30-25-29-21(16-36-25)17-11-13-18(14-12-17)31-37(4,33)34/h5-16,31H,1-4H3,(H2,28,29,30,32). The van der Waals surface area contributed by atoms with Gasteiger partial charge in [0.25, 0.3) is 0 Å². The molecule has 0 bridgehead atoms. The second-order valence-electron chi connectivity index (χ2n) is 9.27. The zero-order valence-electron chi connectivity index (χ0n) is 20.8. The molecular weight excluding hydrogens is 510 g/mol. The van der Waals surface area contributed by atoms with Crippen molar-refractivity contribution in [1.29, 1.82) is 0 Å². The van der Waals surface area contributed by atoms with Crippen LogP contribution in [0.25, 0.3) is 11.3 Å². The van der Waals surface area contributed by atoms with Gasteiger partial charge in [0.05, 0.1) is 11.9 Å². The Bertz CT molecular complexity index is 1510. The van der Waals surface area contributed by atoms with Crippen molar-refractivity contribution in [2.45, 2.75) is 26.2 Å². The molecule has 0 saturated heterocycles. The molecule has 2 heterocycles. The van der Waals surface area contributed by atoms with Crippen LogP contribution in [0.3, 0.4) is 0 Å². The third-order valence-electron chi connectivity index (χ3n) is 5.13. The highest BCUT2D eigenvalue weighted by Crippen LogP contribution is 2.35. The molecule has 4 rings (SSSR count). The highest BCUT2D eigenvalue weighted by Gasteiger charge is 2.20. The number of benzene rings is 2. The minimum absolute atomic E-state index is 0.135. The number of hydrogen-bond acceptors (Lipinski definition) is 7. The van der Waals surface area contributed by atoms with Crippen LogP contribution >= 0.6 is 11.3 Å². The van der Waals surface area contributed by atoms with Crippen molar-refractivity contribution in [1.82, 2.24) is 9.97 Å². The molecule has 192 valence electrons. The van der Waals surface area contributed by atoms with Crippen molar-refractivity contribution in [2.75, 3.05) is 21.6 Å². The number of amides is 2. The summed E-state index contributed by atoms with van der Waals surface area (Å²) in [5, 5.41) is 7.71. The van der Waals surface area contributed by atoms with E-state index < -0.39 is 16.1 Å². The number of hydrogen-bond donors (Lipinski definition) is 3. The highest BCUT2D eigenvalue weighted by molar-refractivity contribution is 7.92. The van der Waals surface area contributed by atoms with Crippen molar-refractivity contribution in [3.8, 4) is 22.9 Å². The molecule has 0 fully saturated rings. The Morgan fingerprint density at radius 2 is 1.70 bits per heavy atom. The number of sulfonamides is 1. The van der Waals surface area contributed by atoms with Crippen LogP contribution in [-0.4, -0.2) is 30.7 Å². The average molecular weight is 538 g/mol. The fraction of sp³-hybridized carbons (Fsp3) is 0.192. The van der Waals surface area contributed by atoms with Crippen LogP contribution in [-0.2, 0) is 15.4 Å². The zero-order valence-corrected chi connectivity index (χ0v) is 22.4. The van der Waals surface area contributed by atoms with E-state index in [4.69, 9.17) is 4.74 Å². The maximum absolute atomic E-state index is 12.7. The van der Waals surface area contributed by atoms with Crippen LogP contribution in [0.1, 0.15) is 26.3 Å². The number of urea groups is 1. The van der Waals surface area contributed by atoms with Crippen LogP contribution in [0.5, 0.6) is 11.6 Å². The number of carbonyl (C=O) groups excluding carboxylic acids is 1. The Kier molecular flexibility index (Phi) is 7.46. The van der Waals surface area contributed by atoms with E-state index in [2.05, 4.69) is 46.1 Å². The number of ether oxygens (including phenoxy) is 1. The van der Waals surface area contributed by atoms with E-state index in [-0.39, 0.29) is 11.3 Å². The first-order valence-electron chi connectivity index (χ1n) is 11.3. The molecule has 0 atom stereocenters. The van der Waals surface area contributed by atoms with Crippen LogP contribution in [0.2, 0.25) is 0 Å². The molecule has 11 heteroatoms. The van der Waals surface area contributed by atoms with Gasteiger partial charge in [-0.1, -0.05) is 51.1 Å². The summed E-state index contributed by atoms with van der Waals surface area (Å²) in [6.07, 6.45) is 2.69.